The SMILES string of the molecule is Cc1c(C(=O)N2CCOc3ccc(-c4ccc(N)nc4)cc3C2)ccc(S(=O)(=O)CF)c1F. The lowest BCUT2D eigenvalue weighted by atomic mass is 10.0. The first-order valence-corrected chi connectivity index (χ1v) is 11.7. The molecule has 2 aromatic carbocycles. The van der Waals surface area contributed by atoms with Crippen LogP contribution in [-0.4, -0.2) is 43.4 Å². The maximum atomic E-state index is 14.7. The van der Waals surface area contributed by atoms with Crippen molar-refractivity contribution in [3.8, 4) is 16.9 Å². The first-order valence-electron chi connectivity index (χ1n) is 10.1. The summed E-state index contributed by atoms with van der Waals surface area (Å²) in [6.45, 7) is 1.99. The fourth-order valence-corrected chi connectivity index (χ4v) is 4.50. The second-order valence-electron chi connectivity index (χ2n) is 7.64. The summed E-state index contributed by atoms with van der Waals surface area (Å²) in [5.41, 5.74) is 7.97. The van der Waals surface area contributed by atoms with Crippen LogP contribution >= 0.6 is 0 Å². The Balaban J connectivity index is 1.65. The second-order valence-corrected chi connectivity index (χ2v) is 9.53. The molecule has 1 aliphatic heterocycles. The van der Waals surface area contributed by atoms with Gasteiger partial charge in [0.25, 0.3) is 5.91 Å². The minimum absolute atomic E-state index is 0.00708. The number of hydrogen-bond donors (Lipinski definition) is 1. The molecule has 0 radical (unpaired) electrons. The number of nitrogens with zero attached hydrogens (tertiary/aromatic N) is 2. The molecule has 2 heterocycles. The number of carbonyl (C=O) groups is 1. The monoisotopic (exact) mass is 473 g/mol. The van der Waals surface area contributed by atoms with Gasteiger partial charge in [0, 0.05) is 29.4 Å². The average Bonchev–Trinajstić information content (AvgIpc) is 3.02. The van der Waals surface area contributed by atoms with E-state index >= 15 is 0 Å². The van der Waals surface area contributed by atoms with Crippen molar-refractivity contribution in [3.63, 3.8) is 0 Å². The summed E-state index contributed by atoms with van der Waals surface area (Å²) >= 11 is 0. The van der Waals surface area contributed by atoms with Gasteiger partial charge in [-0.3, -0.25) is 4.79 Å². The minimum Gasteiger partial charge on any atom is -0.491 e. The summed E-state index contributed by atoms with van der Waals surface area (Å²) < 4.78 is 56.8. The number of hydrogen-bond acceptors (Lipinski definition) is 6. The molecule has 3 aromatic rings. The summed E-state index contributed by atoms with van der Waals surface area (Å²) in [7, 11) is -4.40. The van der Waals surface area contributed by atoms with E-state index in [2.05, 4.69) is 4.98 Å². The molecule has 1 aliphatic rings. The van der Waals surface area contributed by atoms with Crippen molar-refractivity contribution in [1.29, 1.82) is 0 Å². The first kappa shape index (κ1) is 22.7. The standard InChI is InChI=1S/C23H21F2N3O4S/c1-14-18(4-6-20(22(14)25)33(30,31)13-24)23(29)28-8-9-32-19-5-2-15(10-17(19)12-28)16-3-7-21(26)27-11-16/h2-7,10-11H,8-9,12-13H2,1H3,(H2,26,27). The highest BCUT2D eigenvalue weighted by atomic mass is 32.2. The van der Waals surface area contributed by atoms with Gasteiger partial charge in [-0.1, -0.05) is 6.07 Å². The largest absolute Gasteiger partial charge is 0.491 e. The number of ether oxygens (including phenoxy) is 1. The molecular formula is C23H21F2N3O4S. The molecule has 0 atom stereocenters. The third-order valence-electron chi connectivity index (χ3n) is 5.51. The van der Waals surface area contributed by atoms with Crippen LogP contribution in [0.1, 0.15) is 21.5 Å². The number of carbonyl (C=O) groups excluding carboxylic acids is 1. The van der Waals surface area contributed by atoms with Crippen LogP contribution in [0.5, 0.6) is 5.75 Å². The quantitative estimate of drug-likeness (QED) is 0.622. The van der Waals surface area contributed by atoms with Gasteiger partial charge in [0.15, 0.2) is 6.01 Å². The molecule has 0 unspecified atom stereocenters. The van der Waals surface area contributed by atoms with E-state index in [1.54, 1.807) is 12.3 Å². The highest BCUT2D eigenvalue weighted by Gasteiger charge is 2.27. The average molecular weight is 474 g/mol. The molecule has 172 valence electrons. The Kier molecular flexibility index (Phi) is 6.03. The molecule has 10 heteroatoms. The Morgan fingerprint density at radius 3 is 2.64 bits per heavy atom. The second kappa shape index (κ2) is 8.78. The van der Waals surface area contributed by atoms with E-state index in [1.807, 2.05) is 24.3 Å². The summed E-state index contributed by atoms with van der Waals surface area (Å²) in [4.78, 5) is 18.1. The van der Waals surface area contributed by atoms with Gasteiger partial charge >= 0.3 is 0 Å². The van der Waals surface area contributed by atoms with E-state index < -0.39 is 32.5 Å². The topological polar surface area (TPSA) is 103 Å². The summed E-state index contributed by atoms with van der Waals surface area (Å²) in [6.07, 6.45) is 1.65. The van der Waals surface area contributed by atoms with Gasteiger partial charge in [0.1, 0.15) is 28.9 Å². The van der Waals surface area contributed by atoms with Crippen molar-refractivity contribution >= 4 is 21.6 Å². The number of nitrogens with two attached hydrogens (primary N) is 1. The number of rotatable bonds is 4. The number of halogens is 2. The van der Waals surface area contributed by atoms with Crippen LogP contribution in [0.3, 0.4) is 0 Å². The van der Waals surface area contributed by atoms with Crippen LogP contribution in [0.4, 0.5) is 14.6 Å². The fourth-order valence-electron chi connectivity index (χ4n) is 3.68. The van der Waals surface area contributed by atoms with Crippen molar-refractivity contribution in [2.45, 2.75) is 18.4 Å². The lowest BCUT2D eigenvalue weighted by molar-refractivity contribution is 0.0731. The molecular weight excluding hydrogens is 452 g/mol. The van der Waals surface area contributed by atoms with E-state index in [1.165, 1.54) is 17.9 Å². The van der Waals surface area contributed by atoms with Gasteiger partial charge in [-0.15, -0.1) is 0 Å². The summed E-state index contributed by atoms with van der Waals surface area (Å²) in [6, 6.07) is 9.54. The molecule has 0 aliphatic carbocycles. The zero-order valence-corrected chi connectivity index (χ0v) is 18.5. The van der Waals surface area contributed by atoms with E-state index in [4.69, 9.17) is 10.5 Å². The van der Waals surface area contributed by atoms with Gasteiger partial charge in [0.05, 0.1) is 6.54 Å². The summed E-state index contributed by atoms with van der Waals surface area (Å²) in [5.74, 6) is -0.569. The van der Waals surface area contributed by atoms with Crippen molar-refractivity contribution in [2.75, 3.05) is 24.9 Å². The number of anilines is 1. The normalized spacial score (nSPS) is 13.7. The molecule has 2 N–H and O–H groups in total. The third-order valence-corrected chi connectivity index (χ3v) is 6.78. The number of alkyl halides is 1. The third kappa shape index (κ3) is 4.38. The maximum Gasteiger partial charge on any atom is 0.254 e. The highest BCUT2D eigenvalue weighted by molar-refractivity contribution is 7.91. The molecule has 0 fully saturated rings. The smallest absolute Gasteiger partial charge is 0.254 e. The molecule has 0 saturated heterocycles. The van der Waals surface area contributed by atoms with Gasteiger partial charge in [-0.05, 0) is 54.4 Å². The predicted molar refractivity (Wildman–Crippen MR) is 119 cm³/mol. The molecule has 1 amide bonds. The Hall–Kier alpha value is -3.53. The van der Waals surface area contributed by atoms with E-state index in [0.29, 0.717) is 11.6 Å². The van der Waals surface area contributed by atoms with Crippen molar-refractivity contribution in [3.05, 3.63) is 71.2 Å². The van der Waals surface area contributed by atoms with Crippen LogP contribution < -0.4 is 10.5 Å². The van der Waals surface area contributed by atoms with Gasteiger partial charge in [0.2, 0.25) is 9.84 Å². The molecule has 0 saturated carbocycles. The van der Waals surface area contributed by atoms with Gasteiger partial charge in [-0.2, -0.15) is 0 Å². The van der Waals surface area contributed by atoms with Crippen molar-refractivity contribution in [2.24, 2.45) is 0 Å². The van der Waals surface area contributed by atoms with Gasteiger partial charge in [-0.25, -0.2) is 22.2 Å². The Morgan fingerprint density at radius 2 is 1.94 bits per heavy atom. The van der Waals surface area contributed by atoms with E-state index in [9.17, 15) is 22.0 Å². The van der Waals surface area contributed by atoms with Crippen molar-refractivity contribution in [1.82, 2.24) is 9.88 Å². The van der Waals surface area contributed by atoms with Gasteiger partial charge < -0.3 is 15.4 Å². The number of nitrogen functional groups attached to an aromatic ring is 1. The van der Waals surface area contributed by atoms with Crippen molar-refractivity contribution < 1.29 is 26.7 Å². The molecule has 4 rings (SSSR count). The summed E-state index contributed by atoms with van der Waals surface area (Å²) in [5, 5.41) is 0. The van der Waals surface area contributed by atoms with Crippen LogP contribution in [-0.2, 0) is 16.4 Å². The number of amides is 1. The first-order chi connectivity index (χ1) is 15.7. The molecule has 0 bridgehead atoms. The van der Waals surface area contributed by atoms with Crippen LogP contribution in [0.25, 0.3) is 11.1 Å². The van der Waals surface area contributed by atoms with Crippen LogP contribution in [0, 0.1) is 12.7 Å². The number of fused-ring (bicyclic) bond motifs is 1. The fraction of sp³-hybridized carbons (Fsp3) is 0.217. The predicted octanol–water partition coefficient (Wildman–Crippen LogP) is 3.51. The lowest BCUT2D eigenvalue weighted by Gasteiger charge is -2.21. The van der Waals surface area contributed by atoms with Crippen LogP contribution in [0.15, 0.2) is 53.6 Å². The number of benzene rings is 2. The van der Waals surface area contributed by atoms with Crippen LogP contribution in [0.2, 0.25) is 0 Å². The molecule has 1 aromatic heterocycles. The van der Waals surface area contributed by atoms with E-state index in [-0.39, 0.29) is 30.8 Å². The zero-order valence-electron chi connectivity index (χ0n) is 17.7. The Bertz CT molecular complexity index is 1330. The number of sulfone groups is 1. The number of aromatic nitrogens is 1. The molecule has 7 nitrogen and oxygen atoms in total. The highest BCUT2D eigenvalue weighted by Crippen LogP contribution is 2.30. The Labute approximate surface area is 189 Å². The minimum atomic E-state index is -4.40. The lowest BCUT2D eigenvalue weighted by Crippen LogP contribution is -2.33. The molecule has 33 heavy (non-hydrogen) atoms. The Morgan fingerprint density at radius 1 is 1.18 bits per heavy atom. The number of pyridine rings is 1. The van der Waals surface area contributed by atoms with E-state index in [0.717, 1.165) is 22.8 Å². The zero-order chi connectivity index (χ0) is 23.8. The maximum absolute atomic E-state index is 14.7. The molecule has 0 spiro atoms.